The molecule has 318 valence electrons. The summed E-state index contributed by atoms with van der Waals surface area (Å²) in [5, 5.41) is 11.8. The van der Waals surface area contributed by atoms with Crippen LogP contribution in [0.1, 0.15) is 194 Å². The van der Waals surface area contributed by atoms with E-state index in [9.17, 15) is 24.3 Å². The molecule has 0 aromatic heterocycles. The summed E-state index contributed by atoms with van der Waals surface area (Å²) in [7, 11) is 0. The second-order valence-electron chi connectivity index (χ2n) is 14.5. The molecule has 0 spiro atoms. The Morgan fingerprint density at radius 3 is 1.35 bits per heavy atom. The van der Waals surface area contributed by atoms with Gasteiger partial charge in [-0.2, -0.15) is 11.8 Å². The van der Waals surface area contributed by atoms with E-state index in [0.29, 0.717) is 6.42 Å². The fraction of sp³-hybridized carbons (Fsp3) is 0.902. The molecule has 54 heavy (non-hydrogen) atoms. The molecule has 0 aliphatic carbocycles. The molecular weight excluding hydrogens is 773 g/mol. The van der Waals surface area contributed by atoms with Gasteiger partial charge in [0.05, 0.1) is 0 Å². The van der Waals surface area contributed by atoms with Gasteiger partial charge in [0.2, 0.25) is 3.79 Å². The smallest absolute Gasteiger partial charge is 0.408 e. The number of esters is 2. The third-order valence-electron chi connectivity index (χ3n) is 9.24. The minimum atomic E-state index is -1.83. The van der Waals surface area contributed by atoms with Crippen molar-refractivity contribution < 1.29 is 38.5 Å². The molecule has 0 saturated heterocycles. The average molecular weight is 847 g/mol. The topological polar surface area (TPSA) is 128 Å². The molecule has 1 amide bonds. The van der Waals surface area contributed by atoms with Crippen LogP contribution in [0.4, 0.5) is 4.79 Å². The average Bonchev–Trinajstić information content (AvgIpc) is 3.12. The van der Waals surface area contributed by atoms with E-state index in [2.05, 4.69) is 19.2 Å². The van der Waals surface area contributed by atoms with Crippen LogP contribution in [-0.4, -0.2) is 69.8 Å². The van der Waals surface area contributed by atoms with Gasteiger partial charge in [-0.15, -0.1) is 0 Å². The van der Waals surface area contributed by atoms with Gasteiger partial charge >= 0.3 is 24.0 Å². The summed E-state index contributed by atoms with van der Waals surface area (Å²) in [6, 6.07) is -1.31. The summed E-state index contributed by atoms with van der Waals surface area (Å²) in [6.07, 6.45) is 30.2. The molecule has 0 aliphatic rings. The lowest BCUT2D eigenvalue weighted by Crippen LogP contribution is -2.43. The number of hydrogen-bond donors (Lipinski definition) is 2. The lowest BCUT2D eigenvalue weighted by Gasteiger charge is -2.20. The van der Waals surface area contributed by atoms with E-state index in [1.54, 1.807) is 0 Å². The van der Waals surface area contributed by atoms with Gasteiger partial charge in [0.15, 0.2) is 0 Å². The number of hydrogen-bond acceptors (Lipinski definition) is 8. The van der Waals surface area contributed by atoms with Crippen molar-refractivity contribution >= 4 is 70.6 Å². The van der Waals surface area contributed by atoms with Crippen LogP contribution in [0.3, 0.4) is 0 Å². The van der Waals surface area contributed by atoms with Gasteiger partial charge in [0, 0.05) is 24.3 Å². The van der Waals surface area contributed by atoms with Crippen LogP contribution in [0.25, 0.3) is 0 Å². The van der Waals surface area contributed by atoms with Crippen molar-refractivity contribution in [3.63, 3.8) is 0 Å². The molecule has 0 radical (unpaired) electrons. The lowest BCUT2D eigenvalue weighted by atomic mass is 10.0. The summed E-state index contributed by atoms with van der Waals surface area (Å²) in [4.78, 5) is 49.0. The van der Waals surface area contributed by atoms with E-state index >= 15 is 0 Å². The Bertz CT molecular complexity index is 941. The van der Waals surface area contributed by atoms with Gasteiger partial charge in [-0.3, -0.25) is 9.59 Å². The Morgan fingerprint density at radius 2 is 0.963 bits per heavy atom. The first-order valence-electron chi connectivity index (χ1n) is 21.1. The third-order valence-corrected chi connectivity index (χ3v) is 10.7. The number of unbranched alkanes of at least 4 members (excludes halogenated alkanes) is 24. The highest BCUT2D eigenvalue weighted by atomic mass is 35.6. The molecule has 0 aromatic carbocycles. The zero-order valence-corrected chi connectivity index (χ0v) is 36.7. The highest BCUT2D eigenvalue weighted by molar-refractivity contribution is 7.99. The molecular formula is C41H74Cl3NO8S. The molecule has 0 heterocycles. The minimum absolute atomic E-state index is 0.0575. The van der Waals surface area contributed by atoms with E-state index in [-0.39, 0.29) is 36.5 Å². The fourth-order valence-electron chi connectivity index (χ4n) is 6.02. The first-order chi connectivity index (χ1) is 26.0. The Morgan fingerprint density at radius 1 is 0.574 bits per heavy atom. The molecule has 2 N–H and O–H groups in total. The first-order valence-corrected chi connectivity index (χ1v) is 23.4. The van der Waals surface area contributed by atoms with Crippen molar-refractivity contribution in [1.82, 2.24) is 5.32 Å². The number of rotatable bonds is 38. The van der Waals surface area contributed by atoms with Crippen molar-refractivity contribution in [2.75, 3.05) is 24.7 Å². The molecule has 2 atom stereocenters. The summed E-state index contributed by atoms with van der Waals surface area (Å²) in [5.41, 5.74) is 0. The maximum Gasteiger partial charge on any atom is 0.408 e. The van der Waals surface area contributed by atoms with Crippen LogP contribution >= 0.6 is 46.6 Å². The molecule has 13 heteroatoms. The second kappa shape index (κ2) is 37.5. The quantitative estimate of drug-likeness (QED) is 0.0270. The van der Waals surface area contributed by atoms with Crippen LogP contribution < -0.4 is 5.32 Å². The van der Waals surface area contributed by atoms with Crippen molar-refractivity contribution in [3.05, 3.63) is 0 Å². The Labute approximate surface area is 347 Å². The predicted octanol–water partition coefficient (Wildman–Crippen LogP) is 12.7. The Kier molecular flexibility index (Phi) is 36.7. The molecule has 0 aromatic rings. The molecule has 0 bridgehead atoms. The molecule has 0 aliphatic heterocycles. The number of carbonyl (C=O) groups is 4. The Hall–Kier alpha value is -1.10. The first kappa shape index (κ1) is 52.9. The SMILES string of the molecule is CCCCCCCCCCCCCCCC(=O)OC[C@H](CSC[C@H](NC(=O)OCC(Cl)(Cl)Cl)C(=O)O)OC(=O)CCCCCCCCCCCCCCC. The van der Waals surface area contributed by atoms with Gasteiger partial charge in [0.25, 0.3) is 0 Å². The van der Waals surface area contributed by atoms with Gasteiger partial charge in [-0.25, -0.2) is 9.59 Å². The monoisotopic (exact) mass is 845 g/mol. The summed E-state index contributed by atoms with van der Waals surface area (Å²) >= 11 is 17.9. The normalized spacial score (nSPS) is 12.6. The maximum absolute atomic E-state index is 12.7. The Balaban J connectivity index is 4.57. The molecule has 0 unspecified atom stereocenters. The fourth-order valence-corrected chi connectivity index (χ4v) is 7.21. The number of carbonyl (C=O) groups excluding carboxylic acids is 3. The van der Waals surface area contributed by atoms with E-state index in [1.807, 2.05) is 0 Å². The van der Waals surface area contributed by atoms with Crippen molar-refractivity contribution in [2.24, 2.45) is 0 Å². The van der Waals surface area contributed by atoms with Crippen LogP contribution in [0.2, 0.25) is 0 Å². The van der Waals surface area contributed by atoms with E-state index < -0.39 is 34.6 Å². The number of carboxylic acids is 1. The zero-order valence-electron chi connectivity index (χ0n) is 33.6. The van der Waals surface area contributed by atoms with Crippen molar-refractivity contribution in [1.29, 1.82) is 0 Å². The lowest BCUT2D eigenvalue weighted by molar-refractivity contribution is -0.157. The van der Waals surface area contributed by atoms with E-state index in [4.69, 9.17) is 49.0 Å². The number of carboxylic acid groups (broad SMARTS) is 1. The number of halogens is 3. The van der Waals surface area contributed by atoms with Crippen LogP contribution in [0, 0.1) is 0 Å². The van der Waals surface area contributed by atoms with Crippen LogP contribution in [0.5, 0.6) is 0 Å². The summed E-state index contributed by atoms with van der Waals surface area (Å²) < 4.78 is 14.1. The van der Waals surface area contributed by atoms with Gasteiger partial charge in [0.1, 0.15) is 25.4 Å². The van der Waals surface area contributed by atoms with E-state index in [0.717, 1.165) is 56.7 Å². The standard InChI is InChI=1S/C41H74Cl3NO8S/c1-3-5-7-9-11-13-15-17-19-21-23-25-27-29-37(46)51-31-35(32-54-33-36(39(48)49)45-40(50)52-34-41(42,43)44)53-38(47)30-28-26-24-22-20-18-16-14-12-10-8-6-4-2/h35-36H,3-34H2,1-2H3,(H,45,50)(H,48,49)/t35-,36+/m1/s1. The molecule has 0 rings (SSSR count). The van der Waals surface area contributed by atoms with Crippen molar-refractivity contribution in [3.8, 4) is 0 Å². The highest BCUT2D eigenvalue weighted by Gasteiger charge is 2.26. The number of alkyl halides is 3. The number of ether oxygens (including phenoxy) is 3. The number of nitrogens with one attached hydrogen (secondary N) is 1. The highest BCUT2D eigenvalue weighted by Crippen LogP contribution is 2.26. The predicted molar refractivity (Wildman–Crippen MR) is 225 cm³/mol. The number of thioether (sulfide) groups is 1. The minimum Gasteiger partial charge on any atom is -0.480 e. The van der Waals surface area contributed by atoms with Gasteiger partial charge < -0.3 is 24.6 Å². The van der Waals surface area contributed by atoms with Gasteiger partial charge in [-0.05, 0) is 12.8 Å². The van der Waals surface area contributed by atoms with Crippen molar-refractivity contribution in [2.45, 2.75) is 210 Å². The second-order valence-corrected chi connectivity index (χ2v) is 18.1. The number of amides is 1. The summed E-state index contributed by atoms with van der Waals surface area (Å²) in [6.45, 7) is 3.81. The molecule has 0 fully saturated rings. The zero-order chi connectivity index (χ0) is 40.1. The number of alkyl carbamates (subject to hydrolysis) is 1. The molecule has 0 saturated carbocycles. The van der Waals surface area contributed by atoms with E-state index in [1.165, 1.54) is 122 Å². The largest absolute Gasteiger partial charge is 0.480 e. The maximum atomic E-state index is 12.7. The van der Waals surface area contributed by atoms with Gasteiger partial charge in [-0.1, -0.05) is 203 Å². The van der Waals surface area contributed by atoms with Crippen LogP contribution in [-0.2, 0) is 28.6 Å². The number of aliphatic carboxylic acids is 1. The summed E-state index contributed by atoms with van der Waals surface area (Å²) in [5.74, 6) is -1.89. The molecule has 9 nitrogen and oxygen atoms in total. The van der Waals surface area contributed by atoms with Crippen LogP contribution in [0.15, 0.2) is 0 Å². The third kappa shape index (κ3) is 37.8.